The molecule has 0 aliphatic carbocycles. The van der Waals surface area contributed by atoms with Crippen LogP contribution >= 0.6 is 0 Å². The molecule has 4 heteroatoms. The Bertz CT molecular complexity index is 335. The Labute approximate surface area is 95.8 Å². The van der Waals surface area contributed by atoms with E-state index in [0.717, 1.165) is 18.6 Å². The lowest BCUT2D eigenvalue weighted by Crippen LogP contribution is -2.29. The van der Waals surface area contributed by atoms with Gasteiger partial charge in [-0.25, -0.2) is 5.84 Å². The molecular weight excluding hydrogens is 204 g/mol. The smallest absolute Gasteiger partial charge is 0.265 e. The zero-order chi connectivity index (χ0) is 12.0. The third kappa shape index (κ3) is 3.55. The topological polar surface area (TPSA) is 64.3 Å². The van der Waals surface area contributed by atoms with Gasteiger partial charge in [0.25, 0.3) is 5.91 Å². The molecule has 1 rings (SSSR count). The summed E-state index contributed by atoms with van der Waals surface area (Å²) in [5, 5.41) is 0. The van der Waals surface area contributed by atoms with Gasteiger partial charge in [-0.05, 0) is 37.6 Å². The Hall–Kier alpha value is -1.55. The van der Waals surface area contributed by atoms with E-state index in [-0.39, 0.29) is 12.0 Å². The van der Waals surface area contributed by atoms with E-state index in [4.69, 9.17) is 10.6 Å². The summed E-state index contributed by atoms with van der Waals surface area (Å²) in [6.07, 6.45) is 2.26. The molecule has 0 saturated heterocycles. The van der Waals surface area contributed by atoms with E-state index in [1.807, 2.05) is 6.92 Å². The summed E-state index contributed by atoms with van der Waals surface area (Å²) in [5.41, 5.74) is 2.45. The van der Waals surface area contributed by atoms with Crippen molar-refractivity contribution >= 4 is 5.91 Å². The Balaban J connectivity index is 2.61. The van der Waals surface area contributed by atoms with Crippen molar-refractivity contribution in [3.63, 3.8) is 0 Å². The maximum Gasteiger partial charge on any atom is 0.265 e. The molecule has 16 heavy (non-hydrogen) atoms. The molecule has 0 heterocycles. The average Bonchev–Trinajstić information content (AvgIpc) is 2.29. The maximum absolute atomic E-state index is 11.1. The summed E-state index contributed by atoms with van der Waals surface area (Å²) in [6, 6.07) is 7.85. The zero-order valence-corrected chi connectivity index (χ0v) is 9.62. The van der Waals surface area contributed by atoms with Crippen LogP contribution in [0.4, 0.5) is 0 Å². The monoisotopic (exact) mass is 221 g/mol. The predicted octanol–water partition coefficient (Wildman–Crippen LogP) is 1.66. The fourth-order valence-electron chi connectivity index (χ4n) is 1.40. The van der Waals surface area contributed by atoms with Crippen LogP contribution in [-0.2, 0) is 0 Å². The van der Waals surface area contributed by atoms with Crippen LogP contribution in [0, 0.1) is 6.07 Å². The van der Waals surface area contributed by atoms with Gasteiger partial charge in [0.2, 0.25) is 0 Å². The minimum absolute atomic E-state index is 0.174. The zero-order valence-electron chi connectivity index (χ0n) is 9.62. The molecule has 0 fully saturated rings. The minimum Gasteiger partial charge on any atom is -0.491 e. The number of rotatable bonds is 5. The van der Waals surface area contributed by atoms with Gasteiger partial charge in [-0.15, -0.1) is 0 Å². The summed E-state index contributed by atoms with van der Waals surface area (Å²) in [6.45, 7) is 4.13. The van der Waals surface area contributed by atoms with Gasteiger partial charge in [0.1, 0.15) is 5.75 Å². The average molecular weight is 221 g/mol. The Morgan fingerprint density at radius 3 is 2.88 bits per heavy atom. The Morgan fingerprint density at radius 1 is 1.62 bits per heavy atom. The summed E-state index contributed by atoms with van der Waals surface area (Å²) in [4.78, 5) is 11.1. The molecule has 1 atom stereocenters. The van der Waals surface area contributed by atoms with Crippen LogP contribution in [0.25, 0.3) is 0 Å². The lowest BCUT2D eigenvalue weighted by Gasteiger charge is -2.13. The van der Waals surface area contributed by atoms with Gasteiger partial charge in [0.15, 0.2) is 0 Å². The van der Waals surface area contributed by atoms with Crippen molar-refractivity contribution in [3.05, 3.63) is 29.8 Å². The van der Waals surface area contributed by atoms with E-state index in [2.05, 4.69) is 18.4 Å². The fraction of sp³-hybridized carbons (Fsp3) is 0.417. The lowest BCUT2D eigenvalue weighted by atomic mass is 10.2. The molecule has 1 aromatic rings. The first-order chi connectivity index (χ1) is 7.67. The van der Waals surface area contributed by atoms with Crippen molar-refractivity contribution in [2.45, 2.75) is 32.8 Å². The van der Waals surface area contributed by atoms with E-state index < -0.39 is 0 Å². The SMILES string of the molecule is CCCC(C)Oc1c[c]c(C(=O)NN)cc1. The number of benzene rings is 1. The quantitative estimate of drug-likeness (QED) is 0.451. The highest BCUT2D eigenvalue weighted by Crippen LogP contribution is 2.14. The molecule has 0 spiro atoms. The maximum atomic E-state index is 11.1. The van der Waals surface area contributed by atoms with Crippen molar-refractivity contribution in [1.82, 2.24) is 5.43 Å². The second-order valence-corrected chi connectivity index (χ2v) is 3.63. The molecule has 1 amide bonds. The second kappa shape index (κ2) is 6.12. The number of carbonyl (C=O) groups excluding carboxylic acids is 1. The number of carbonyl (C=O) groups is 1. The molecule has 87 valence electrons. The van der Waals surface area contributed by atoms with Gasteiger partial charge in [0.05, 0.1) is 6.10 Å². The molecule has 0 bridgehead atoms. The van der Waals surface area contributed by atoms with Crippen molar-refractivity contribution < 1.29 is 9.53 Å². The van der Waals surface area contributed by atoms with Crippen molar-refractivity contribution in [3.8, 4) is 5.75 Å². The summed E-state index contributed by atoms with van der Waals surface area (Å²) in [7, 11) is 0. The molecule has 0 aromatic heterocycles. The number of nitrogens with one attached hydrogen (secondary N) is 1. The van der Waals surface area contributed by atoms with Crippen molar-refractivity contribution in [2.75, 3.05) is 0 Å². The predicted molar refractivity (Wildman–Crippen MR) is 61.9 cm³/mol. The molecule has 0 aliphatic rings. The molecule has 1 unspecified atom stereocenters. The molecule has 3 N–H and O–H groups in total. The number of amides is 1. The number of hydrazine groups is 1. The third-order valence-corrected chi connectivity index (χ3v) is 2.19. The van der Waals surface area contributed by atoms with E-state index >= 15 is 0 Å². The molecule has 1 aromatic carbocycles. The van der Waals surface area contributed by atoms with Crippen LogP contribution < -0.4 is 16.0 Å². The first-order valence-electron chi connectivity index (χ1n) is 5.36. The van der Waals surface area contributed by atoms with Crippen LogP contribution in [0.2, 0.25) is 0 Å². The van der Waals surface area contributed by atoms with E-state index in [9.17, 15) is 4.79 Å². The van der Waals surface area contributed by atoms with Crippen molar-refractivity contribution in [2.24, 2.45) is 5.84 Å². The molecule has 4 nitrogen and oxygen atoms in total. The molecule has 1 radical (unpaired) electrons. The highest BCUT2D eigenvalue weighted by Gasteiger charge is 2.05. The summed E-state index contributed by atoms with van der Waals surface area (Å²) < 4.78 is 5.63. The Morgan fingerprint density at radius 2 is 2.38 bits per heavy atom. The number of nitrogens with two attached hydrogens (primary N) is 1. The van der Waals surface area contributed by atoms with E-state index in [1.54, 1.807) is 18.2 Å². The van der Waals surface area contributed by atoms with Gasteiger partial charge in [-0.1, -0.05) is 13.3 Å². The largest absolute Gasteiger partial charge is 0.491 e. The molecule has 0 aliphatic heterocycles. The number of ether oxygens (including phenoxy) is 1. The standard InChI is InChI=1S/C12H17N2O2/c1-3-4-9(2)16-11-7-5-10(6-8-11)12(15)14-13/h5,7-9H,3-4,13H2,1-2H3,(H,14,15). The minimum atomic E-state index is -0.354. The first kappa shape index (κ1) is 12.5. The van der Waals surface area contributed by atoms with E-state index in [1.165, 1.54) is 0 Å². The van der Waals surface area contributed by atoms with Gasteiger partial charge in [-0.3, -0.25) is 10.2 Å². The van der Waals surface area contributed by atoms with Crippen molar-refractivity contribution in [1.29, 1.82) is 0 Å². The van der Waals surface area contributed by atoms with Gasteiger partial charge in [0, 0.05) is 5.56 Å². The van der Waals surface area contributed by atoms with Crippen LogP contribution in [0.5, 0.6) is 5.75 Å². The normalized spacial score (nSPS) is 11.9. The van der Waals surface area contributed by atoms with Crippen LogP contribution in [0.3, 0.4) is 0 Å². The summed E-state index contributed by atoms with van der Waals surface area (Å²) in [5.74, 6) is 5.38. The number of nitrogen functional groups attached to an aromatic ring is 1. The van der Waals surface area contributed by atoms with Crippen LogP contribution in [0.15, 0.2) is 18.2 Å². The third-order valence-electron chi connectivity index (χ3n) is 2.19. The van der Waals surface area contributed by atoms with Gasteiger partial charge < -0.3 is 4.74 Å². The second-order valence-electron chi connectivity index (χ2n) is 3.63. The Kier molecular flexibility index (Phi) is 4.79. The molecule has 0 saturated carbocycles. The van der Waals surface area contributed by atoms with Gasteiger partial charge >= 0.3 is 0 Å². The highest BCUT2D eigenvalue weighted by atomic mass is 16.5. The van der Waals surface area contributed by atoms with Crippen LogP contribution in [-0.4, -0.2) is 12.0 Å². The highest BCUT2D eigenvalue weighted by molar-refractivity contribution is 5.93. The first-order valence-corrected chi connectivity index (χ1v) is 5.36. The lowest BCUT2D eigenvalue weighted by molar-refractivity contribution is 0.0953. The molecular formula is C12H17N2O2. The van der Waals surface area contributed by atoms with E-state index in [0.29, 0.717) is 5.56 Å². The van der Waals surface area contributed by atoms with Gasteiger partial charge in [-0.2, -0.15) is 0 Å². The van der Waals surface area contributed by atoms with Crippen LogP contribution in [0.1, 0.15) is 37.0 Å². The number of hydrogen-bond acceptors (Lipinski definition) is 3. The number of hydrogen-bond donors (Lipinski definition) is 2. The summed E-state index contributed by atoms with van der Waals surface area (Å²) >= 11 is 0. The fourth-order valence-corrected chi connectivity index (χ4v) is 1.40.